The van der Waals surface area contributed by atoms with Gasteiger partial charge in [0.2, 0.25) is 11.9 Å². The third-order valence-corrected chi connectivity index (χ3v) is 5.28. The summed E-state index contributed by atoms with van der Waals surface area (Å²) in [4.78, 5) is 27.3. The first-order chi connectivity index (χ1) is 14.3. The molecule has 1 aliphatic rings. The van der Waals surface area contributed by atoms with Crippen LogP contribution >= 0.6 is 0 Å². The molecule has 2 aromatic heterocycles. The van der Waals surface area contributed by atoms with Crippen molar-refractivity contribution in [1.29, 1.82) is 0 Å². The molecule has 0 amide bonds. The Morgan fingerprint density at radius 1 is 1.13 bits per heavy atom. The fourth-order valence-electron chi connectivity index (χ4n) is 3.69. The van der Waals surface area contributed by atoms with Crippen LogP contribution in [0.5, 0.6) is 0 Å². The number of benzene rings is 1. The number of rotatable bonds is 4. The van der Waals surface area contributed by atoms with Gasteiger partial charge in [-0.25, -0.2) is 15.0 Å². The summed E-state index contributed by atoms with van der Waals surface area (Å²) in [6.07, 6.45) is 2.59. The van der Waals surface area contributed by atoms with Gasteiger partial charge in [-0.15, -0.1) is 0 Å². The number of anilines is 2. The summed E-state index contributed by atoms with van der Waals surface area (Å²) < 4.78 is 1.72. The molecule has 0 fully saturated rings. The van der Waals surface area contributed by atoms with Crippen LogP contribution in [-0.2, 0) is 12.0 Å². The van der Waals surface area contributed by atoms with E-state index in [4.69, 9.17) is 9.97 Å². The highest BCUT2D eigenvalue weighted by Crippen LogP contribution is 2.30. The maximum atomic E-state index is 13.4. The zero-order chi connectivity index (χ0) is 21.3. The Morgan fingerprint density at radius 3 is 2.63 bits per heavy atom. The van der Waals surface area contributed by atoms with Gasteiger partial charge in [-0.05, 0) is 25.0 Å². The first-order valence-corrected chi connectivity index (χ1v) is 10.4. The molecule has 2 N–H and O–H groups in total. The maximum absolute atomic E-state index is 13.4. The maximum Gasteiger partial charge on any atom is 0.264 e. The van der Waals surface area contributed by atoms with Crippen molar-refractivity contribution < 1.29 is 0 Å². The highest BCUT2D eigenvalue weighted by molar-refractivity contribution is 5.64. The number of aromatic nitrogens is 4. The topological polar surface area (TPSA) is 84.7 Å². The van der Waals surface area contributed by atoms with E-state index in [-0.39, 0.29) is 17.0 Å². The zero-order valence-electron chi connectivity index (χ0n) is 17.9. The molecule has 1 aliphatic heterocycles. The predicted molar refractivity (Wildman–Crippen MR) is 120 cm³/mol. The average Bonchev–Trinajstić information content (AvgIpc) is 2.74. The molecule has 1 atom stereocenters. The normalized spacial score (nSPS) is 14.5. The third kappa shape index (κ3) is 3.92. The second-order valence-electron chi connectivity index (χ2n) is 8.69. The Balaban J connectivity index is 1.77. The van der Waals surface area contributed by atoms with Crippen LogP contribution < -0.4 is 16.2 Å². The predicted octanol–water partition coefficient (Wildman–Crippen LogP) is 3.99. The van der Waals surface area contributed by atoms with Gasteiger partial charge in [-0.3, -0.25) is 9.36 Å². The first-order valence-electron chi connectivity index (χ1n) is 10.4. The van der Waals surface area contributed by atoms with E-state index in [0.29, 0.717) is 29.7 Å². The molecule has 1 aromatic carbocycles. The third-order valence-electron chi connectivity index (χ3n) is 5.28. The van der Waals surface area contributed by atoms with Crippen molar-refractivity contribution in [1.82, 2.24) is 19.5 Å². The van der Waals surface area contributed by atoms with Gasteiger partial charge in [0.05, 0.1) is 23.0 Å². The molecule has 7 nitrogen and oxygen atoms in total. The molecule has 0 radical (unpaired) electrons. The van der Waals surface area contributed by atoms with Crippen LogP contribution in [0.1, 0.15) is 51.4 Å². The van der Waals surface area contributed by atoms with Crippen molar-refractivity contribution in [3.8, 4) is 11.3 Å². The van der Waals surface area contributed by atoms with Gasteiger partial charge < -0.3 is 10.6 Å². The van der Waals surface area contributed by atoms with Crippen molar-refractivity contribution in [2.75, 3.05) is 17.2 Å². The summed E-state index contributed by atoms with van der Waals surface area (Å²) in [5, 5.41) is 6.60. The van der Waals surface area contributed by atoms with Gasteiger partial charge >= 0.3 is 0 Å². The van der Waals surface area contributed by atoms with Gasteiger partial charge in [-0.2, -0.15) is 0 Å². The number of hydrogen-bond donors (Lipinski definition) is 2. The minimum absolute atomic E-state index is 0.0375. The average molecular weight is 405 g/mol. The van der Waals surface area contributed by atoms with Gasteiger partial charge in [0.25, 0.3) is 5.56 Å². The fourth-order valence-corrected chi connectivity index (χ4v) is 3.69. The van der Waals surface area contributed by atoms with Gasteiger partial charge in [-0.1, -0.05) is 51.1 Å². The Bertz CT molecular complexity index is 1100. The molecule has 0 unspecified atom stereocenters. The molecule has 0 aliphatic carbocycles. The SMILES string of the molecule is C[C@H](Nc1nccc(-c2c(C(C)(C)C)nc3n(c2=O)CCCN3)n1)c1ccccc1. The van der Waals surface area contributed by atoms with Crippen LogP contribution in [0.2, 0.25) is 0 Å². The summed E-state index contributed by atoms with van der Waals surface area (Å²) >= 11 is 0. The molecule has 0 saturated heterocycles. The van der Waals surface area contributed by atoms with E-state index in [1.807, 2.05) is 18.2 Å². The summed E-state index contributed by atoms with van der Waals surface area (Å²) in [5.41, 5.74) is 2.66. The van der Waals surface area contributed by atoms with E-state index in [2.05, 4.69) is 55.4 Å². The van der Waals surface area contributed by atoms with Crippen molar-refractivity contribution in [2.24, 2.45) is 0 Å². The second-order valence-corrected chi connectivity index (χ2v) is 8.69. The summed E-state index contributed by atoms with van der Waals surface area (Å²) in [6.45, 7) is 9.75. The van der Waals surface area contributed by atoms with E-state index in [9.17, 15) is 4.79 Å². The standard InChI is InChI=1S/C23H28N6O/c1-15(16-9-6-5-7-10-16)26-21-24-13-11-17(27-21)18-19(23(2,3)4)28-22-25-12-8-14-29(22)20(18)30/h5-7,9-11,13,15H,8,12,14H2,1-4H3,(H,25,28)(H,24,26,27)/t15-/m0/s1. The van der Waals surface area contributed by atoms with E-state index < -0.39 is 0 Å². The van der Waals surface area contributed by atoms with Crippen LogP contribution in [0, 0.1) is 0 Å². The number of nitrogens with zero attached hydrogens (tertiary/aromatic N) is 4. The van der Waals surface area contributed by atoms with Gasteiger partial charge in [0.1, 0.15) is 0 Å². The lowest BCUT2D eigenvalue weighted by molar-refractivity contribution is 0.543. The molecule has 156 valence electrons. The molecule has 0 bridgehead atoms. The quantitative estimate of drug-likeness (QED) is 0.684. The van der Waals surface area contributed by atoms with E-state index in [1.54, 1.807) is 16.8 Å². The first kappa shape index (κ1) is 20.1. The van der Waals surface area contributed by atoms with Crippen molar-refractivity contribution in [3.05, 3.63) is 64.2 Å². The van der Waals surface area contributed by atoms with Crippen molar-refractivity contribution in [3.63, 3.8) is 0 Å². The summed E-state index contributed by atoms with van der Waals surface area (Å²) in [6, 6.07) is 12.0. The highest BCUT2D eigenvalue weighted by Gasteiger charge is 2.28. The molecule has 3 heterocycles. The van der Waals surface area contributed by atoms with Crippen molar-refractivity contribution >= 4 is 11.9 Å². The van der Waals surface area contributed by atoms with E-state index >= 15 is 0 Å². The summed E-state index contributed by atoms with van der Waals surface area (Å²) in [5.74, 6) is 1.13. The molecule has 30 heavy (non-hydrogen) atoms. The van der Waals surface area contributed by atoms with Gasteiger partial charge in [0.15, 0.2) is 0 Å². The lowest BCUT2D eigenvalue weighted by Crippen LogP contribution is -2.34. The fraction of sp³-hybridized carbons (Fsp3) is 0.391. The molecular weight excluding hydrogens is 376 g/mol. The monoisotopic (exact) mass is 404 g/mol. The highest BCUT2D eigenvalue weighted by atomic mass is 16.1. The van der Waals surface area contributed by atoms with Crippen LogP contribution in [0.4, 0.5) is 11.9 Å². The van der Waals surface area contributed by atoms with Crippen LogP contribution in [0.3, 0.4) is 0 Å². The number of fused-ring (bicyclic) bond motifs is 1. The van der Waals surface area contributed by atoms with Crippen LogP contribution in [-0.4, -0.2) is 26.1 Å². The van der Waals surface area contributed by atoms with E-state index in [0.717, 1.165) is 24.2 Å². The molecule has 3 aromatic rings. The van der Waals surface area contributed by atoms with Crippen LogP contribution in [0.15, 0.2) is 47.4 Å². The van der Waals surface area contributed by atoms with Crippen molar-refractivity contribution in [2.45, 2.75) is 52.1 Å². The molecule has 0 spiro atoms. The largest absolute Gasteiger partial charge is 0.355 e. The molecular formula is C23H28N6O. The minimum atomic E-state index is -0.306. The van der Waals surface area contributed by atoms with Crippen LogP contribution in [0.25, 0.3) is 11.3 Å². The number of hydrogen-bond acceptors (Lipinski definition) is 6. The zero-order valence-corrected chi connectivity index (χ0v) is 17.9. The molecule has 4 rings (SSSR count). The van der Waals surface area contributed by atoms with E-state index in [1.165, 1.54) is 0 Å². The smallest absolute Gasteiger partial charge is 0.264 e. The Labute approximate surface area is 176 Å². The minimum Gasteiger partial charge on any atom is -0.355 e. The molecule has 7 heteroatoms. The molecule has 0 saturated carbocycles. The Hall–Kier alpha value is -3.22. The lowest BCUT2D eigenvalue weighted by Gasteiger charge is -2.26. The summed E-state index contributed by atoms with van der Waals surface area (Å²) in [7, 11) is 0. The second kappa shape index (κ2) is 7.89. The lowest BCUT2D eigenvalue weighted by atomic mass is 9.87. The number of nitrogens with one attached hydrogen (secondary N) is 2. The Kier molecular flexibility index (Phi) is 5.28. The Morgan fingerprint density at radius 2 is 1.90 bits per heavy atom. The van der Waals surface area contributed by atoms with Gasteiger partial charge in [0, 0.05) is 24.7 Å².